The molecule has 0 aliphatic carbocycles. The molecule has 0 aromatic rings. The van der Waals surface area contributed by atoms with Crippen molar-refractivity contribution in [3.63, 3.8) is 0 Å². The molecule has 0 unspecified atom stereocenters. The Kier molecular flexibility index (Phi) is 129. The molecule has 0 aliphatic rings. The minimum atomic E-state index is 0. The molecule has 0 heterocycles. The Bertz CT molecular complexity index is 11.6. The molecule has 0 atom stereocenters. The van der Waals surface area contributed by atoms with Crippen LogP contribution in [0, 0.1) is 0 Å². The van der Waals surface area contributed by atoms with Crippen molar-refractivity contribution in [3.05, 3.63) is 0 Å². The van der Waals surface area contributed by atoms with Crippen LogP contribution < -0.4 is 0 Å². The van der Waals surface area contributed by atoms with Gasteiger partial charge in [-0.05, 0) is 0 Å². The average molecular weight is 360 g/mol. The molecular weight excluding hydrogens is 356 g/mol. The number of rotatable bonds is 0. The second-order valence-electron chi connectivity index (χ2n) is 0. The summed E-state index contributed by atoms with van der Waals surface area (Å²) in [7, 11) is 8.26. The molecule has 0 spiro atoms. The fourth-order valence-electron chi connectivity index (χ4n) is 0. The van der Waals surface area contributed by atoms with Gasteiger partial charge in [0.15, 0.2) is 0 Å². The maximum atomic E-state index is 4.17. The summed E-state index contributed by atoms with van der Waals surface area (Å²) in [6.07, 6.45) is 0. The molecule has 0 N–H and O–H groups in total. The van der Waals surface area contributed by atoms with Gasteiger partial charge in [-0.1, -0.05) is 7.43 Å². The van der Waals surface area contributed by atoms with Crippen LogP contribution in [0.3, 0.4) is 0 Å². The van der Waals surface area contributed by atoms with Crippen LogP contribution in [0.2, 0.25) is 0 Å². The zero-order chi connectivity index (χ0) is 4.00. The van der Waals surface area contributed by atoms with E-state index in [0.29, 0.717) is 0 Å². The van der Waals surface area contributed by atoms with Gasteiger partial charge in [0.2, 0.25) is 0 Å². The predicted molar refractivity (Wildman–Crippen MR) is 21.9 cm³/mol. The molecule has 0 amide bonds. The van der Waals surface area contributed by atoms with Crippen molar-refractivity contribution >= 4 is 19.6 Å². The Labute approximate surface area is 62.4 Å². The Balaban J connectivity index is -0.0000000133. The quantitative estimate of drug-likeness (QED) is 0.606. The summed E-state index contributed by atoms with van der Waals surface area (Å²) >= 11 is 2.70. The molecular formula is CH4MoS2W. The van der Waals surface area contributed by atoms with E-state index in [1.165, 1.54) is 36.0 Å². The van der Waals surface area contributed by atoms with Crippen LogP contribution >= 0.6 is 19.6 Å². The molecule has 0 bridgehead atoms. The average Bonchev–Trinajstić information content (AvgIpc) is 1.50. The number of hydrogen-bond donors (Lipinski definition) is 0. The molecule has 0 fully saturated rings. The summed E-state index contributed by atoms with van der Waals surface area (Å²) in [6.45, 7) is 0. The molecule has 4 heteroatoms. The van der Waals surface area contributed by atoms with Gasteiger partial charge in [0.25, 0.3) is 0 Å². The molecule has 0 rings (SSSR count). The second-order valence-corrected chi connectivity index (χ2v) is 0. The second kappa shape index (κ2) is 40.9. The van der Waals surface area contributed by atoms with Gasteiger partial charge in [-0.15, -0.1) is 0 Å². The first-order chi connectivity index (χ1) is 2.00. The summed E-state index contributed by atoms with van der Waals surface area (Å²) in [5.74, 6) is 0. The van der Waals surface area contributed by atoms with Crippen LogP contribution in [0.5, 0.6) is 0 Å². The van der Waals surface area contributed by atoms with Crippen molar-refractivity contribution in [2.24, 2.45) is 0 Å². The van der Waals surface area contributed by atoms with E-state index >= 15 is 0 Å². The van der Waals surface area contributed by atoms with Crippen molar-refractivity contribution in [1.29, 1.82) is 0 Å². The predicted octanol–water partition coefficient (Wildman–Crippen LogP) is 1.93. The molecule has 0 saturated carbocycles. The third-order valence-corrected chi connectivity index (χ3v) is 0. The van der Waals surface area contributed by atoms with E-state index in [4.69, 9.17) is 0 Å². The summed E-state index contributed by atoms with van der Waals surface area (Å²) in [5, 5.41) is 0. The standard InChI is InChI=1S/CH4.Mo.2S.W/h1H4;;;;. The van der Waals surface area contributed by atoms with Crippen molar-refractivity contribution in [3.8, 4) is 0 Å². The van der Waals surface area contributed by atoms with Gasteiger partial charge >= 0.3 is 55.6 Å². The fourth-order valence-corrected chi connectivity index (χ4v) is 0. The molecule has 0 nitrogen and oxygen atoms in total. The SMILES string of the molecule is C.[S]=[Mo].[S]=[W]. The molecule has 5 heavy (non-hydrogen) atoms. The number of hydrogen-bond acceptors (Lipinski definition) is 2. The first kappa shape index (κ1) is 15.8. The van der Waals surface area contributed by atoms with Gasteiger partial charge in [0, 0.05) is 0 Å². The van der Waals surface area contributed by atoms with Gasteiger partial charge in [-0.2, -0.15) is 0 Å². The summed E-state index contributed by atoms with van der Waals surface area (Å²) in [6, 6.07) is 0. The molecule has 0 aromatic heterocycles. The van der Waals surface area contributed by atoms with Crippen molar-refractivity contribution in [1.82, 2.24) is 0 Å². The molecule has 32 valence electrons. The fraction of sp³-hybridized carbons (Fsp3) is 1.00. The van der Waals surface area contributed by atoms with E-state index in [9.17, 15) is 0 Å². The van der Waals surface area contributed by atoms with E-state index in [1.54, 1.807) is 0 Å². The normalized spacial score (nSPS) is 1.60. The van der Waals surface area contributed by atoms with Gasteiger partial charge < -0.3 is 0 Å². The van der Waals surface area contributed by atoms with Crippen LogP contribution in [-0.4, -0.2) is 0 Å². The van der Waals surface area contributed by atoms with Crippen molar-refractivity contribution in [2.45, 2.75) is 7.43 Å². The molecule has 0 saturated heterocycles. The Hall–Kier alpha value is 1.82. The summed E-state index contributed by atoms with van der Waals surface area (Å²) in [5.41, 5.74) is 0. The summed E-state index contributed by atoms with van der Waals surface area (Å²) < 4.78 is 0. The van der Waals surface area contributed by atoms with Gasteiger partial charge in [-0.25, -0.2) is 0 Å². The van der Waals surface area contributed by atoms with Crippen LogP contribution in [0.15, 0.2) is 0 Å². The van der Waals surface area contributed by atoms with E-state index in [1.807, 2.05) is 0 Å². The zero-order valence-electron chi connectivity index (χ0n) is 1.63. The third-order valence-electron chi connectivity index (χ3n) is 0. The molecule has 0 aromatic carbocycles. The third kappa shape index (κ3) is 25.7. The van der Waals surface area contributed by atoms with E-state index in [2.05, 4.69) is 19.6 Å². The first-order valence-electron chi connectivity index (χ1n) is 0.333. The Morgan fingerprint density at radius 1 is 1.20 bits per heavy atom. The van der Waals surface area contributed by atoms with E-state index in [0.717, 1.165) is 0 Å². The van der Waals surface area contributed by atoms with Crippen molar-refractivity contribution in [2.75, 3.05) is 0 Å². The van der Waals surface area contributed by atoms with E-state index < -0.39 is 0 Å². The van der Waals surface area contributed by atoms with Crippen LogP contribution in [0.1, 0.15) is 7.43 Å². The molecule has 0 radical (unpaired) electrons. The van der Waals surface area contributed by atoms with E-state index in [-0.39, 0.29) is 7.43 Å². The van der Waals surface area contributed by atoms with Gasteiger partial charge in [0.1, 0.15) is 0 Å². The van der Waals surface area contributed by atoms with Crippen LogP contribution in [0.25, 0.3) is 0 Å². The Morgan fingerprint density at radius 3 is 1.20 bits per heavy atom. The Morgan fingerprint density at radius 2 is 1.20 bits per heavy atom. The van der Waals surface area contributed by atoms with Gasteiger partial charge in [-0.3, -0.25) is 0 Å². The summed E-state index contributed by atoms with van der Waals surface area (Å²) in [4.78, 5) is 0. The monoisotopic (exact) mass is 362 g/mol. The zero-order valence-corrected chi connectivity index (χ0v) is 8.21. The topological polar surface area (TPSA) is 0 Å². The minimum absolute atomic E-state index is 0. The van der Waals surface area contributed by atoms with Crippen molar-refractivity contribution < 1.29 is 36.0 Å². The van der Waals surface area contributed by atoms with Crippen LogP contribution in [-0.2, 0) is 36.0 Å². The van der Waals surface area contributed by atoms with Crippen LogP contribution in [0.4, 0.5) is 0 Å². The maximum absolute atomic E-state index is 4.17. The molecule has 0 aliphatic heterocycles. The van der Waals surface area contributed by atoms with Gasteiger partial charge in [0.05, 0.1) is 0 Å². The first-order valence-corrected chi connectivity index (χ1v) is 7.05.